The summed E-state index contributed by atoms with van der Waals surface area (Å²) in [5.74, 6) is 1.87. The molecule has 1 aliphatic rings. The van der Waals surface area contributed by atoms with E-state index >= 15 is 0 Å². The highest BCUT2D eigenvalue weighted by Gasteiger charge is 2.39. The number of hydrogen-bond acceptors (Lipinski definition) is 8. The minimum atomic E-state index is -0.658. The minimum Gasteiger partial charge on any atom is -0.496 e. The lowest BCUT2D eigenvalue weighted by atomic mass is 9.82. The van der Waals surface area contributed by atoms with Gasteiger partial charge in [0.15, 0.2) is 0 Å². The van der Waals surface area contributed by atoms with Crippen molar-refractivity contribution in [2.24, 2.45) is 5.73 Å². The van der Waals surface area contributed by atoms with Gasteiger partial charge in [-0.2, -0.15) is 5.26 Å². The Bertz CT molecular complexity index is 1230. The van der Waals surface area contributed by atoms with Crippen LogP contribution in [0.15, 0.2) is 47.9 Å². The Hall–Kier alpha value is -4.32. The Morgan fingerprint density at radius 3 is 2.26 bits per heavy atom. The van der Waals surface area contributed by atoms with Gasteiger partial charge in [0.2, 0.25) is 11.8 Å². The molecule has 9 nitrogen and oxygen atoms in total. The van der Waals surface area contributed by atoms with Crippen molar-refractivity contribution < 1.29 is 23.7 Å². The lowest BCUT2D eigenvalue weighted by molar-refractivity contribution is 0.317. The van der Waals surface area contributed by atoms with E-state index in [0.29, 0.717) is 40.7 Å². The number of hydrogen-bond donors (Lipinski definition) is 2. The Morgan fingerprint density at radius 1 is 1.03 bits per heavy atom. The van der Waals surface area contributed by atoms with Crippen molar-refractivity contribution in [3.05, 3.63) is 59.0 Å². The van der Waals surface area contributed by atoms with Gasteiger partial charge in [0.05, 0.1) is 45.1 Å². The lowest BCUT2D eigenvalue weighted by Gasteiger charge is -2.27. The van der Waals surface area contributed by atoms with E-state index in [2.05, 4.69) is 23.2 Å². The maximum atomic E-state index is 10.0. The van der Waals surface area contributed by atoms with E-state index in [1.54, 1.807) is 33.5 Å². The number of aromatic nitrogens is 2. The van der Waals surface area contributed by atoms with Crippen LogP contribution in [0.4, 0.5) is 0 Å². The van der Waals surface area contributed by atoms with Crippen LogP contribution in [0.25, 0.3) is 11.3 Å². The van der Waals surface area contributed by atoms with Gasteiger partial charge in [0, 0.05) is 23.3 Å². The Balaban J connectivity index is 1.91. The van der Waals surface area contributed by atoms with Crippen LogP contribution in [-0.4, -0.2) is 38.1 Å². The molecule has 4 rings (SSSR count). The average Bonchev–Trinajstić information content (AvgIpc) is 3.29. The molecule has 0 spiro atoms. The highest BCUT2D eigenvalue weighted by atomic mass is 16.5. The molecule has 3 N–H and O–H groups in total. The van der Waals surface area contributed by atoms with Crippen molar-refractivity contribution in [1.82, 2.24) is 10.2 Å². The topological polar surface area (TPSA) is 125 Å². The second-order valence-electron chi connectivity index (χ2n) is 7.56. The molecule has 1 aromatic heterocycles. The number of aromatic amines is 1. The highest BCUT2D eigenvalue weighted by Crippen LogP contribution is 2.51. The standard InChI is InChI=1S/C25H26N4O5/c1-5-10-33-15-8-6-14(7-9-15)23-22-20(17(13-26)24(27)34-25(22)29-28-23)21-18(31-3)11-16(30-2)12-19(21)32-4/h6-9,11-12,20H,5,10,27H2,1-4H3,(H,28,29)/t20-/m1/s1. The van der Waals surface area contributed by atoms with E-state index in [4.69, 9.17) is 29.4 Å². The molecule has 0 amide bonds. The summed E-state index contributed by atoms with van der Waals surface area (Å²) in [4.78, 5) is 0. The molecule has 3 aromatic rings. The third-order valence-electron chi connectivity index (χ3n) is 5.60. The number of methoxy groups -OCH3 is 3. The molecule has 0 saturated heterocycles. The predicted octanol–water partition coefficient (Wildman–Crippen LogP) is 4.11. The molecule has 0 bridgehead atoms. The van der Waals surface area contributed by atoms with Crippen molar-refractivity contribution in [3.63, 3.8) is 0 Å². The van der Waals surface area contributed by atoms with Crippen molar-refractivity contribution in [3.8, 4) is 46.2 Å². The molecule has 1 aliphatic heterocycles. The fourth-order valence-corrected chi connectivity index (χ4v) is 4.01. The van der Waals surface area contributed by atoms with Crippen LogP contribution in [0, 0.1) is 11.3 Å². The van der Waals surface area contributed by atoms with Crippen molar-refractivity contribution in [2.75, 3.05) is 27.9 Å². The number of allylic oxidation sites excluding steroid dienone is 1. The molecule has 0 fully saturated rings. The number of nitrogens with zero attached hydrogens (tertiary/aromatic N) is 2. The number of nitriles is 1. The first kappa shape index (κ1) is 22.9. The summed E-state index contributed by atoms with van der Waals surface area (Å²) >= 11 is 0. The predicted molar refractivity (Wildman–Crippen MR) is 125 cm³/mol. The van der Waals surface area contributed by atoms with Gasteiger partial charge in [-0.25, -0.2) is 0 Å². The van der Waals surface area contributed by atoms with Crippen LogP contribution in [0.3, 0.4) is 0 Å². The normalized spacial score (nSPS) is 14.6. The number of H-pyrrole nitrogens is 1. The van der Waals surface area contributed by atoms with Crippen molar-refractivity contribution in [1.29, 1.82) is 5.26 Å². The molecule has 1 atom stereocenters. The van der Waals surface area contributed by atoms with Gasteiger partial charge in [0.25, 0.3) is 0 Å². The first-order chi connectivity index (χ1) is 16.6. The molecule has 0 unspecified atom stereocenters. The van der Waals surface area contributed by atoms with Crippen LogP contribution >= 0.6 is 0 Å². The van der Waals surface area contributed by atoms with Crippen molar-refractivity contribution in [2.45, 2.75) is 19.3 Å². The van der Waals surface area contributed by atoms with Gasteiger partial charge < -0.3 is 29.4 Å². The van der Waals surface area contributed by atoms with Gasteiger partial charge in [-0.05, 0) is 30.7 Å². The smallest absolute Gasteiger partial charge is 0.244 e. The van der Waals surface area contributed by atoms with E-state index in [1.165, 1.54) is 0 Å². The zero-order valence-electron chi connectivity index (χ0n) is 19.5. The molecule has 2 heterocycles. The van der Waals surface area contributed by atoms with Gasteiger partial charge in [-0.1, -0.05) is 6.92 Å². The number of ether oxygens (including phenoxy) is 5. The van der Waals surface area contributed by atoms with Gasteiger partial charge in [-0.15, -0.1) is 5.10 Å². The van der Waals surface area contributed by atoms with Gasteiger partial charge >= 0.3 is 0 Å². The Kier molecular flexibility index (Phi) is 6.50. The maximum Gasteiger partial charge on any atom is 0.244 e. The second-order valence-corrected chi connectivity index (χ2v) is 7.56. The zero-order valence-corrected chi connectivity index (χ0v) is 19.5. The van der Waals surface area contributed by atoms with Crippen LogP contribution in [-0.2, 0) is 0 Å². The van der Waals surface area contributed by atoms with Crippen LogP contribution in [0.1, 0.15) is 30.4 Å². The monoisotopic (exact) mass is 462 g/mol. The minimum absolute atomic E-state index is 0.0266. The quantitative estimate of drug-likeness (QED) is 0.512. The first-order valence-electron chi connectivity index (χ1n) is 10.7. The van der Waals surface area contributed by atoms with Crippen LogP contribution in [0.2, 0.25) is 0 Å². The molecular weight excluding hydrogens is 436 g/mol. The Labute approximate surface area is 197 Å². The number of nitrogens with one attached hydrogen (secondary N) is 1. The number of nitrogens with two attached hydrogens (primary N) is 1. The van der Waals surface area contributed by atoms with Crippen molar-refractivity contribution >= 4 is 0 Å². The van der Waals surface area contributed by atoms with E-state index in [9.17, 15) is 5.26 Å². The van der Waals surface area contributed by atoms with E-state index in [-0.39, 0.29) is 17.3 Å². The molecule has 0 saturated carbocycles. The highest BCUT2D eigenvalue weighted by molar-refractivity contribution is 5.73. The largest absolute Gasteiger partial charge is 0.496 e. The van der Waals surface area contributed by atoms with Gasteiger partial charge in [-0.3, -0.25) is 5.10 Å². The third-order valence-corrected chi connectivity index (χ3v) is 5.60. The second kappa shape index (κ2) is 9.67. The third kappa shape index (κ3) is 3.94. The molecule has 34 heavy (non-hydrogen) atoms. The van der Waals surface area contributed by atoms with E-state index < -0.39 is 5.92 Å². The number of benzene rings is 2. The number of fused-ring (bicyclic) bond motifs is 1. The fourth-order valence-electron chi connectivity index (χ4n) is 4.01. The lowest BCUT2D eigenvalue weighted by Crippen LogP contribution is -2.21. The SMILES string of the molecule is CCCOc1ccc(-c2[nH]nc3c2[C@@H](c2c(OC)cc(OC)cc2OC)C(C#N)=C(N)O3)cc1. The summed E-state index contributed by atoms with van der Waals surface area (Å²) in [6, 6.07) is 13.3. The van der Waals surface area contributed by atoms with E-state index in [1.807, 2.05) is 24.3 Å². The molecular formula is C25H26N4O5. The molecule has 0 aliphatic carbocycles. The molecule has 2 aromatic carbocycles. The molecule has 0 radical (unpaired) electrons. The maximum absolute atomic E-state index is 10.0. The number of rotatable bonds is 8. The van der Waals surface area contributed by atoms with Crippen LogP contribution in [0.5, 0.6) is 28.9 Å². The summed E-state index contributed by atoms with van der Waals surface area (Å²) in [6.45, 7) is 2.69. The summed E-state index contributed by atoms with van der Waals surface area (Å²) in [7, 11) is 4.64. The van der Waals surface area contributed by atoms with Crippen LogP contribution < -0.4 is 29.4 Å². The summed E-state index contributed by atoms with van der Waals surface area (Å²) in [5.41, 5.74) is 9.15. The zero-order chi connectivity index (χ0) is 24.2. The summed E-state index contributed by atoms with van der Waals surface area (Å²) in [5, 5.41) is 17.4. The molecule has 176 valence electrons. The first-order valence-corrected chi connectivity index (χ1v) is 10.7. The summed E-state index contributed by atoms with van der Waals surface area (Å²) < 4.78 is 28.2. The van der Waals surface area contributed by atoms with Gasteiger partial charge in [0.1, 0.15) is 34.6 Å². The average molecular weight is 463 g/mol. The Morgan fingerprint density at radius 2 is 1.71 bits per heavy atom. The summed E-state index contributed by atoms with van der Waals surface area (Å²) in [6.07, 6.45) is 0.922. The molecule has 9 heteroatoms. The fraction of sp³-hybridized carbons (Fsp3) is 0.280. The van der Waals surface area contributed by atoms with E-state index in [0.717, 1.165) is 17.7 Å².